The van der Waals surface area contributed by atoms with Crippen molar-refractivity contribution in [3.05, 3.63) is 35.9 Å². The van der Waals surface area contributed by atoms with Crippen LogP contribution < -0.4 is 16.0 Å². The Morgan fingerprint density at radius 1 is 0.824 bits per heavy atom. The molecule has 0 aliphatic rings. The molecule has 0 saturated heterocycles. The highest BCUT2D eigenvalue weighted by Crippen LogP contribution is 2.10. The Kier molecular flexibility index (Phi) is 12.7. The number of esters is 1. The number of ether oxygens (including phenoxy) is 2. The van der Waals surface area contributed by atoms with Crippen LogP contribution in [-0.4, -0.2) is 60.8 Å². The van der Waals surface area contributed by atoms with Gasteiger partial charge in [0.1, 0.15) is 18.7 Å². The molecule has 3 atom stereocenters. The van der Waals surface area contributed by atoms with E-state index in [9.17, 15) is 24.3 Å². The van der Waals surface area contributed by atoms with Crippen molar-refractivity contribution < 1.29 is 33.8 Å². The number of carbonyl (C=O) groups excluding carboxylic acids is 4. The van der Waals surface area contributed by atoms with Crippen LogP contribution in [0, 0.1) is 11.8 Å². The van der Waals surface area contributed by atoms with Crippen molar-refractivity contribution in [2.75, 3.05) is 13.7 Å². The van der Waals surface area contributed by atoms with Crippen molar-refractivity contribution in [1.82, 2.24) is 16.0 Å². The van der Waals surface area contributed by atoms with E-state index in [1.165, 1.54) is 0 Å². The van der Waals surface area contributed by atoms with E-state index >= 15 is 0 Å². The van der Waals surface area contributed by atoms with Gasteiger partial charge in [-0.3, -0.25) is 9.59 Å². The molecule has 0 saturated carbocycles. The molecule has 0 aliphatic carbocycles. The summed E-state index contributed by atoms with van der Waals surface area (Å²) in [6.45, 7) is 6.96. The number of benzene rings is 1. The standard InChI is InChI=1S/C24H37N3O7/c1-15(2)11-18(21(29)26-20(13-28)23(31)33-5)25-22(30)19(12-16(3)4)27-24(32)34-14-17-9-7-6-8-10-17/h6-10,15-16,18-20,28H,11-14H2,1-5H3,(H,25,30)(H,26,29)(H,27,32). The lowest BCUT2D eigenvalue weighted by Crippen LogP contribution is -2.56. The van der Waals surface area contributed by atoms with Crippen LogP contribution in [0.15, 0.2) is 30.3 Å². The number of nitrogens with one attached hydrogen (secondary N) is 3. The number of rotatable bonds is 13. The summed E-state index contributed by atoms with van der Waals surface area (Å²) in [7, 11) is 1.14. The minimum atomic E-state index is -1.25. The van der Waals surface area contributed by atoms with Crippen molar-refractivity contribution >= 4 is 23.9 Å². The zero-order valence-corrected chi connectivity index (χ0v) is 20.5. The molecule has 0 aliphatic heterocycles. The van der Waals surface area contributed by atoms with Crippen molar-refractivity contribution in [3.63, 3.8) is 0 Å². The molecule has 0 spiro atoms. The highest BCUT2D eigenvalue weighted by Gasteiger charge is 2.30. The monoisotopic (exact) mass is 479 g/mol. The van der Waals surface area contributed by atoms with E-state index in [0.29, 0.717) is 6.42 Å². The fourth-order valence-electron chi connectivity index (χ4n) is 3.18. The topological polar surface area (TPSA) is 143 Å². The van der Waals surface area contributed by atoms with Gasteiger partial charge in [0.2, 0.25) is 11.8 Å². The molecule has 1 aromatic rings. The number of carbonyl (C=O) groups is 4. The molecule has 0 aromatic heterocycles. The first-order chi connectivity index (χ1) is 16.1. The maximum Gasteiger partial charge on any atom is 0.408 e. The van der Waals surface area contributed by atoms with Crippen LogP contribution in [-0.2, 0) is 30.5 Å². The Balaban J connectivity index is 2.86. The van der Waals surface area contributed by atoms with E-state index in [4.69, 9.17) is 4.74 Å². The summed E-state index contributed by atoms with van der Waals surface area (Å²) in [5.41, 5.74) is 0.806. The molecule has 10 heteroatoms. The Morgan fingerprint density at radius 2 is 1.32 bits per heavy atom. The average Bonchev–Trinajstić information content (AvgIpc) is 2.79. The molecule has 0 fully saturated rings. The first-order valence-electron chi connectivity index (χ1n) is 11.3. The molecule has 4 N–H and O–H groups in total. The van der Waals surface area contributed by atoms with Gasteiger partial charge in [0.15, 0.2) is 6.04 Å². The van der Waals surface area contributed by atoms with E-state index in [-0.39, 0.29) is 24.9 Å². The number of hydrogen-bond donors (Lipinski definition) is 4. The molecule has 0 radical (unpaired) electrons. The Hall–Kier alpha value is -3.14. The van der Waals surface area contributed by atoms with Gasteiger partial charge in [0.05, 0.1) is 13.7 Å². The summed E-state index contributed by atoms with van der Waals surface area (Å²) in [4.78, 5) is 49.8. The third-order valence-electron chi connectivity index (χ3n) is 4.85. The van der Waals surface area contributed by atoms with Crippen LogP contribution in [0.5, 0.6) is 0 Å². The van der Waals surface area contributed by atoms with E-state index in [0.717, 1.165) is 12.7 Å². The van der Waals surface area contributed by atoms with Crippen LogP contribution in [0.4, 0.5) is 4.79 Å². The summed E-state index contributed by atoms with van der Waals surface area (Å²) in [5.74, 6) is -1.88. The lowest BCUT2D eigenvalue weighted by molar-refractivity contribution is -0.146. The van der Waals surface area contributed by atoms with Crippen LogP contribution in [0.3, 0.4) is 0 Å². The van der Waals surface area contributed by atoms with Crippen molar-refractivity contribution in [1.29, 1.82) is 0 Å². The maximum atomic E-state index is 13.0. The van der Waals surface area contributed by atoms with E-state index in [1.54, 1.807) is 0 Å². The van der Waals surface area contributed by atoms with Gasteiger partial charge >= 0.3 is 12.1 Å². The first kappa shape index (κ1) is 28.9. The SMILES string of the molecule is COC(=O)C(CO)NC(=O)C(CC(C)C)NC(=O)C(CC(C)C)NC(=O)OCc1ccccc1. The molecular formula is C24H37N3O7. The summed E-state index contributed by atoms with van der Waals surface area (Å²) >= 11 is 0. The van der Waals surface area contributed by atoms with E-state index in [2.05, 4.69) is 20.7 Å². The van der Waals surface area contributed by atoms with E-state index < -0.39 is 48.6 Å². The normalized spacial score (nSPS) is 13.5. The van der Waals surface area contributed by atoms with Crippen molar-refractivity contribution in [2.45, 2.75) is 65.3 Å². The molecule has 3 amide bonds. The number of amides is 3. The molecule has 1 aromatic carbocycles. The zero-order valence-electron chi connectivity index (χ0n) is 20.5. The lowest BCUT2D eigenvalue weighted by atomic mass is 10.00. The number of aliphatic hydroxyl groups excluding tert-OH is 1. The summed E-state index contributed by atoms with van der Waals surface area (Å²) in [6, 6.07) is 5.97. The van der Waals surface area contributed by atoms with Crippen LogP contribution in [0.25, 0.3) is 0 Å². The van der Waals surface area contributed by atoms with Gasteiger partial charge in [-0.25, -0.2) is 9.59 Å². The highest BCUT2D eigenvalue weighted by atomic mass is 16.5. The lowest BCUT2D eigenvalue weighted by Gasteiger charge is -2.26. The molecular weight excluding hydrogens is 442 g/mol. The summed E-state index contributed by atoms with van der Waals surface area (Å²) in [5, 5.41) is 17.0. The first-order valence-corrected chi connectivity index (χ1v) is 11.3. The highest BCUT2D eigenvalue weighted by molar-refractivity contribution is 5.93. The summed E-state index contributed by atoms with van der Waals surface area (Å²) < 4.78 is 9.79. The molecule has 190 valence electrons. The molecule has 1 rings (SSSR count). The minimum absolute atomic E-state index is 0.0362. The number of methoxy groups -OCH3 is 1. The molecule has 0 bridgehead atoms. The number of aliphatic hydroxyl groups is 1. The van der Waals surface area contributed by atoms with Crippen LogP contribution >= 0.6 is 0 Å². The van der Waals surface area contributed by atoms with Crippen LogP contribution in [0.2, 0.25) is 0 Å². The zero-order chi connectivity index (χ0) is 25.7. The molecule has 34 heavy (non-hydrogen) atoms. The third kappa shape index (κ3) is 10.7. The second-order valence-electron chi connectivity index (χ2n) is 8.85. The second-order valence-corrected chi connectivity index (χ2v) is 8.85. The minimum Gasteiger partial charge on any atom is -0.467 e. The van der Waals surface area contributed by atoms with Gasteiger partial charge < -0.3 is 30.5 Å². The molecule has 10 nitrogen and oxygen atoms in total. The van der Waals surface area contributed by atoms with Gasteiger partial charge in [-0.2, -0.15) is 0 Å². The number of alkyl carbamates (subject to hydrolysis) is 1. The van der Waals surface area contributed by atoms with Gasteiger partial charge in [0.25, 0.3) is 0 Å². The maximum absolute atomic E-state index is 13.0. The predicted molar refractivity (Wildman–Crippen MR) is 125 cm³/mol. The predicted octanol–water partition coefficient (Wildman–Crippen LogP) is 1.51. The van der Waals surface area contributed by atoms with Gasteiger partial charge in [-0.05, 0) is 30.2 Å². The average molecular weight is 480 g/mol. The fraction of sp³-hybridized carbons (Fsp3) is 0.583. The molecule has 0 heterocycles. The van der Waals surface area contributed by atoms with Gasteiger partial charge in [-0.1, -0.05) is 58.0 Å². The Morgan fingerprint density at radius 3 is 1.79 bits per heavy atom. The van der Waals surface area contributed by atoms with E-state index in [1.807, 2.05) is 58.0 Å². The fourth-order valence-corrected chi connectivity index (χ4v) is 3.18. The van der Waals surface area contributed by atoms with Gasteiger partial charge in [0, 0.05) is 0 Å². The quantitative estimate of drug-likeness (QED) is 0.314. The second kappa shape index (κ2) is 14.9. The molecule has 3 unspecified atom stereocenters. The Bertz CT molecular complexity index is 799. The van der Waals surface area contributed by atoms with Crippen molar-refractivity contribution in [2.24, 2.45) is 11.8 Å². The van der Waals surface area contributed by atoms with Gasteiger partial charge in [-0.15, -0.1) is 0 Å². The number of hydrogen-bond acceptors (Lipinski definition) is 7. The smallest absolute Gasteiger partial charge is 0.408 e. The summed E-state index contributed by atoms with van der Waals surface area (Å²) in [6.07, 6.45) is -0.145. The Labute approximate surface area is 200 Å². The largest absolute Gasteiger partial charge is 0.467 e. The van der Waals surface area contributed by atoms with Crippen LogP contribution in [0.1, 0.15) is 46.1 Å². The van der Waals surface area contributed by atoms with Crippen molar-refractivity contribution in [3.8, 4) is 0 Å². The third-order valence-corrected chi connectivity index (χ3v) is 4.85.